The van der Waals surface area contributed by atoms with Crippen molar-refractivity contribution in [1.82, 2.24) is 0 Å². The van der Waals surface area contributed by atoms with E-state index in [0.29, 0.717) is 11.8 Å². The van der Waals surface area contributed by atoms with E-state index < -0.39 is 5.67 Å². The Balaban J connectivity index is 1.97. The average Bonchev–Trinajstić information content (AvgIpc) is 2.73. The fraction of sp³-hybridized carbons (Fsp3) is 0.895. The molecule has 122 valence electrons. The normalized spacial score (nSPS) is 36.8. The van der Waals surface area contributed by atoms with Gasteiger partial charge in [-0.1, -0.05) is 54.9 Å². The standard InChI is InChI=1S/C19H32FI/c1-14(7-5-11-18(2,3)20)16-9-10-17-15(13-21)8-6-12-19(16,17)4/h13-14,16-17H,5-12H2,1-4H3/b15-13+/t14-,16+,17-,19+/m0/s1. The van der Waals surface area contributed by atoms with Crippen molar-refractivity contribution in [2.45, 2.75) is 84.7 Å². The molecule has 0 bridgehead atoms. The van der Waals surface area contributed by atoms with Crippen LogP contribution in [0.3, 0.4) is 0 Å². The number of hydrogen-bond donors (Lipinski definition) is 0. The second-order valence-corrected chi connectivity index (χ2v) is 8.99. The molecular weight excluding hydrogens is 374 g/mol. The highest BCUT2D eigenvalue weighted by Crippen LogP contribution is 2.60. The van der Waals surface area contributed by atoms with Crippen molar-refractivity contribution >= 4 is 22.6 Å². The van der Waals surface area contributed by atoms with Crippen molar-refractivity contribution in [2.24, 2.45) is 23.2 Å². The van der Waals surface area contributed by atoms with Gasteiger partial charge < -0.3 is 0 Å². The van der Waals surface area contributed by atoms with Crippen LogP contribution in [0.2, 0.25) is 0 Å². The molecule has 0 unspecified atom stereocenters. The van der Waals surface area contributed by atoms with E-state index in [1.54, 1.807) is 19.4 Å². The molecule has 0 heterocycles. The third-order valence-corrected chi connectivity index (χ3v) is 7.10. The van der Waals surface area contributed by atoms with Crippen LogP contribution in [-0.4, -0.2) is 5.67 Å². The van der Waals surface area contributed by atoms with E-state index in [1.807, 2.05) is 0 Å². The number of allylic oxidation sites excluding steroid dienone is 1. The molecule has 2 aliphatic carbocycles. The van der Waals surface area contributed by atoms with E-state index in [4.69, 9.17) is 0 Å². The minimum Gasteiger partial charge on any atom is -0.245 e. The minimum absolute atomic E-state index is 0.514. The summed E-state index contributed by atoms with van der Waals surface area (Å²) in [6, 6.07) is 0. The predicted octanol–water partition coefficient (Wildman–Crippen LogP) is 7.08. The van der Waals surface area contributed by atoms with Gasteiger partial charge in [-0.05, 0) is 79.6 Å². The largest absolute Gasteiger partial charge is 0.245 e. The summed E-state index contributed by atoms with van der Waals surface area (Å²) in [5, 5.41) is 0. The molecule has 0 aliphatic heterocycles. The summed E-state index contributed by atoms with van der Waals surface area (Å²) >= 11 is 2.44. The predicted molar refractivity (Wildman–Crippen MR) is 98.5 cm³/mol. The van der Waals surface area contributed by atoms with E-state index in [0.717, 1.165) is 24.2 Å². The molecule has 21 heavy (non-hydrogen) atoms. The summed E-state index contributed by atoms with van der Waals surface area (Å²) in [5.41, 5.74) is 1.23. The smallest absolute Gasteiger partial charge is 0.105 e. The average molecular weight is 406 g/mol. The maximum absolute atomic E-state index is 13.6. The molecule has 4 atom stereocenters. The monoisotopic (exact) mass is 406 g/mol. The minimum atomic E-state index is -0.996. The molecule has 0 saturated heterocycles. The highest BCUT2D eigenvalue weighted by molar-refractivity contribution is 14.1. The molecular formula is C19H32FI. The van der Waals surface area contributed by atoms with Crippen LogP contribution < -0.4 is 0 Å². The second kappa shape index (κ2) is 6.88. The molecule has 2 aliphatic rings. The first kappa shape index (κ1) is 17.7. The van der Waals surface area contributed by atoms with Gasteiger partial charge in [-0.3, -0.25) is 0 Å². The fourth-order valence-electron chi connectivity index (χ4n) is 5.19. The molecule has 0 spiro atoms. The molecule has 2 rings (SSSR count). The first-order valence-electron chi connectivity index (χ1n) is 8.76. The van der Waals surface area contributed by atoms with Crippen molar-refractivity contribution in [1.29, 1.82) is 0 Å². The number of fused-ring (bicyclic) bond motifs is 1. The molecule has 0 aromatic rings. The second-order valence-electron chi connectivity index (χ2n) is 8.37. The van der Waals surface area contributed by atoms with Crippen molar-refractivity contribution in [3.8, 4) is 0 Å². The van der Waals surface area contributed by atoms with Crippen molar-refractivity contribution in [3.63, 3.8) is 0 Å². The summed E-state index contributed by atoms with van der Waals surface area (Å²) in [4.78, 5) is 0. The van der Waals surface area contributed by atoms with Gasteiger partial charge in [-0.25, -0.2) is 4.39 Å². The zero-order chi connectivity index (χ0) is 15.7. The van der Waals surface area contributed by atoms with Crippen LogP contribution in [-0.2, 0) is 0 Å². The van der Waals surface area contributed by atoms with Crippen molar-refractivity contribution in [2.75, 3.05) is 0 Å². The Morgan fingerprint density at radius 1 is 1.43 bits per heavy atom. The van der Waals surface area contributed by atoms with Gasteiger partial charge in [0.1, 0.15) is 5.67 Å². The van der Waals surface area contributed by atoms with E-state index in [-0.39, 0.29) is 0 Å². The molecule has 0 radical (unpaired) electrons. The Bertz CT molecular complexity index is 382. The molecule has 0 aromatic carbocycles. The summed E-state index contributed by atoms with van der Waals surface area (Å²) in [6.45, 7) is 8.39. The Morgan fingerprint density at radius 3 is 2.76 bits per heavy atom. The van der Waals surface area contributed by atoms with Gasteiger partial charge in [0.05, 0.1) is 0 Å². The third kappa shape index (κ3) is 4.03. The Labute approximate surface area is 144 Å². The van der Waals surface area contributed by atoms with Gasteiger partial charge in [0.2, 0.25) is 0 Å². The maximum Gasteiger partial charge on any atom is 0.105 e. The lowest BCUT2D eigenvalue weighted by Gasteiger charge is -2.44. The van der Waals surface area contributed by atoms with Gasteiger partial charge in [-0.15, -0.1) is 0 Å². The first-order valence-corrected chi connectivity index (χ1v) is 10.0. The number of alkyl halides is 1. The Hall–Kier alpha value is 0.400. The third-order valence-electron chi connectivity index (χ3n) is 6.30. The zero-order valence-electron chi connectivity index (χ0n) is 14.2. The summed E-state index contributed by atoms with van der Waals surface area (Å²) < 4.78 is 16.0. The summed E-state index contributed by atoms with van der Waals surface area (Å²) in [7, 11) is 0. The number of halogens is 2. The lowest BCUT2D eigenvalue weighted by atomic mass is 9.61. The molecule has 0 amide bonds. The van der Waals surface area contributed by atoms with Crippen molar-refractivity contribution in [3.05, 3.63) is 9.66 Å². The molecule has 2 fully saturated rings. The van der Waals surface area contributed by atoms with Crippen LogP contribution >= 0.6 is 22.6 Å². The van der Waals surface area contributed by atoms with Gasteiger partial charge in [0.15, 0.2) is 0 Å². The summed E-state index contributed by atoms with van der Waals surface area (Å²) in [6.07, 6.45) is 9.80. The van der Waals surface area contributed by atoms with Crippen LogP contribution in [0, 0.1) is 23.2 Å². The highest BCUT2D eigenvalue weighted by Gasteiger charge is 2.50. The van der Waals surface area contributed by atoms with Crippen LogP contribution in [0.25, 0.3) is 0 Å². The number of rotatable bonds is 5. The van der Waals surface area contributed by atoms with E-state index in [2.05, 4.69) is 40.5 Å². The van der Waals surface area contributed by atoms with E-state index in [1.165, 1.54) is 38.5 Å². The fourth-order valence-corrected chi connectivity index (χ4v) is 5.94. The lowest BCUT2D eigenvalue weighted by Crippen LogP contribution is -2.36. The molecule has 2 saturated carbocycles. The maximum atomic E-state index is 13.6. The van der Waals surface area contributed by atoms with Gasteiger partial charge >= 0.3 is 0 Å². The quantitative estimate of drug-likeness (QED) is 0.428. The first-order chi connectivity index (χ1) is 9.78. The van der Waals surface area contributed by atoms with Crippen LogP contribution in [0.5, 0.6) is 0 Å². The van der Waals surface area contributed by atoms with Crippen LogP contribution in [0.15, 0.2) is 9.66 Å². The Kier molecular flexibility index (Phi) is 5.82. The van der Waals surface area contributed by atoms with Crippen molar-refractivity contribution < 1.29 is 4.39 Å². The zero-order valence-corrected chi connectivity index (χ0v) is 16.4. The molecule has 0 nitrogen and oxygen atoms in total. The number of hydrogen-bond acceptors (Lipinski definition) is 0. The van der Waals surface area contributed by atoms with Crippen LogP contribution in [0.1, 0.15) is 79.1 Å². The topological polar surface area (TPSA) is 0 Å². The van der Waals surface area contributed by atoms with E-state index >= 15 is 0 Å². The lowest BCUT2D eigenvalue weighted by molar-refractivity contribution is 0.0906. The molecule has 2 heteroatoms. The summed E-state index contributed by atoms with van der Waals surface area (Å²) in [5.74, 6) is 2.42. The SMILES string of the molecule is C[C@@H](CCCC(C)(C)F)[C@H]1CC[C@H]2/C(=C/I)CCC[C@]12C. The Morgan fingerprint density at radius 2 is 2.14 bits per heavy atom. The molecule has 0 aromatic heterocycles. The van der Waals surface area contributed by atoms with Gasteiger partial charge in [-0.2, -0.15) is 0 Å². The van der Waals surface area contributed by atoms with E-state index in [9.17, 15) is 4.39 Å². The molecule has 0 N–H and O–H groups in total. The van der Waals surface area contributed by atoms with Gasteiger partial charge in [0.25, 0.3) is 0 Å². The van der Waals surface area contributed by atoms with Gasteiger partial charge in [0, 0.05) is 0 Å². The van der Waals surface area contributed by atoms with Crippen LogP contribution in [0.4, 0.5) is 4.39 Å². The highest BCUT2D eigenvalue weighted by atomic mass is 127.